The molecule has 100 heavy (non-hydrogen) atoms. The monoisotopic (exact) mass is 1360 g/mol. The van der Waals surface area contributed by atoms with Crippen molar-refractivity contribution in [3.05, 3.63) is 262 Å². The second-order valence-corrected chi connectivity index (χ2v) is 29.6. The Balaban J connectivity index is 0.000000119. The lowest BCUT2D eigenvalue weighted by molar-refractivity contribution is 0.0964. The van der Waals surface area contributed by atoms with Gasteiger partial charge >= 0.3 is 0 Å². The highest BCUT2D eigenvalue weighted by Gasteiger charge is 2.42. The van der Waals surface area contributed by atoms with Crippen LogP contribution >= 0.6 is 0 Å². The number of aliphatic hydroxyl groups is 3. The number of likely N-dealkylation sites (tertiary alicyclic amines) is 4. The minimum Gasteiger partial charge on any atom is -0.388 e. The first kappa shape index (κ1) is 70.5. The molecule has 7 N–H and O–H groups in total. The fraction of sp³-hybridized carbons (Fsp3) is 0.417. The van der Waals surface area contributed by atoms with Gasteiger partial charge in [-0.15, -0.1) is 0 Å². The molecule has 8 aliphatic heterocycles. The van der Waals surface area contributed by atoms with E-state index in [2.05, 4.69) is 59.1 Å². The fourth-order valence-corrected chi connectivity index (χ4v) is 16.6. The van der Waals surface area contributed by atoms with E-state index < -0.39 is 0 Å². The van der Waals surface area contributed by atoms with Gasteiger partial charge in [0.25, 0.3) is 0 Å². The number of nitrogens with zero attached hydrogens (tertiary/aromatic N) is 4. The van der Waals surface area contributed by atoms with Crippen LogP contribution in [0.15, 0.2) is 194 Å². The first-order valence-electron chi connectivity index (χ1n) is 36.5. The van der Waals surface area contributed by atoms with E-state index in [1.54, 1.807) is 0 Å². The molecule has 0 amide bonds. The second-order valence-electron chi connectivity index (χ2n) is 29.6. The number of carbonyl (C=O) groups excluding carboxylic acids is 1. The van der Waals surface area contributed by atoms with Gasteiger partial charge in [-0.3, -0.25) is 24.4 Å². The molecule has 8 aromatic carbocycles. The Morgan fingerprint density at radius 3 is 0.840 bits per heavy atom. The Kier molecular flexibility index (Phi) is 22.5. The van der Waals surface area contributed by atoms with Crippen LogP contribution in [0.25, 0.3) is 0 Å². The zero-order valence-electron chi connectivity index (χ0n) is 57.6. The van der Waals surface area contributed by atoms with Crippen LogP contribution in [-0.4, -0.2) is 115 Å². The van der Waals surface area contributed by atoms with Gasteiger partial charge in [0.05, 0.1) is 18.3 Å². The molecular weight excluding hydrogens is 1260 g/mol. The number of aliphatic hydroxyl groups excluding tert-OH is 3. The number of Topliss-reactive ketones (excluding diaryl/α,β-unsaturated/α-hetero) is 1. The molecule has 2 unspecified atom stereocenters. The Morgan fingerprint density at radius 1 is 0.310 bits per heavy atom. The van der Waals surface area contributed by atoms with Crippen LogP contribution in [0.4, 0.5) is 40.3 Å². The third-order valence-electron chi connectivity index (χ3n) is 22.8. The summed E-state index contributed by atoms with van der Waals surface area (Å²) in [5.74, 6) is -0.482. The fourth-order valence-electron chi connectivity index (χ4n) is 16.6. The number of nitrogens with one attached hydrogen (secondary N) is 4. The van der Waals surface area contributed by atoms with Crippen LogP contribution in [0, 0.1) is 23.3 Å². The van der Waals surface area contributed by atoms with E-state index in [1.165, 1.54) is 48.5 Å². The number of benzene rings is 8. The lowest BCUT2D eigenvalue weighted by atomic mass is 9.83. The van der Waals surface area contributed by atoms with Crippen molar-refractivity contribution in [2.75, 3.05) is 73.6 Å². The lowest BCUT2D eigenvalue weighted by Gasteiger charge is -2.42. The standard InChI is InChI=1S/3C21H25FN2O.C21H23FN2O/c4*22-17-7-5-16(6-8-17)15-24-13-11-21(12-14-24)10-9-20(25)18-3-1-2-4-19(18)23-21/h3*1-8,20,23,25H,9-15H2;1-8,23H,9-15H2/t20-;;;/m1.../s1. The third kappa shape index (κ3) is 17.9. The van der Waals surface area contributed by atoms with E-state index in [1.807, 2.05) is 127 Å². The van der Waals surface area contributed by atoms with Crippen molar-refractivity contribution >= 4 is 28.5 Å². The first-order valence-corrected chi connectivity index (χ1v) is 36.5. The molecule has 0 bridgehead atoms. The molecular formula is C84H98F4N8O4. The highest BCUT2D eigenvalue weighted by Crippen LogP contribution is 2.44. The molecule has 0 aliphatic carbocycles. The molecule has 4 saturated heterocycles. The lowest BCUT2D eigenvalue weighted by Crippen LogP contribution is -2.48. The largest absolute Gasteiger partial charge is 0.388 e. The summed E-state index contributed by atoms with van der Waals surface area (Å²) in [7, 11) is 0. The number of carbonyl (C=O) groups is 1. The summed E-state index contributed by atoms with van der Waals surface area (Å²) in [5.41, 5.74) is 13.0. The predicted molar refractivity (Wildman–Crippen MR) is 391 cm³/mol. The first-order chi connectivity index (χ1) is 48.5. The van der Waals surface area contributed by atoms with Gasteiger partial charge in [-0.25, -0.2) is 17.6 Å². The quantitative estimate of drug-likeness (QED) is 0.0729. The number of halogens is 4. The Morgan fingerprint density at radius 2 is 0.550 bits per heavy atom. The summed E-state index contributed by atoms with van der Waals surface area (Å²) in [6, 6.07) is 59.4. The van der Waals surface area contributed by atoms with E-state index in [0.29, 0.717) is 6.42 Å². The van der Waals surface area contributed by atoms with Crippen molar-refractivity contribution in [2.45, 2.75) is 169 Å². The van der Waals surface area contributed by atoms with Gasteiger partial charge in [0, 0.05) is 152 Å². The van der Waals surface area contributed by atoms with Crippen LogP contribution in [-0.2, 0) is 26.2 Å². The van der Waals surface area contributed by atoms with Crippen LogP contribution < -0.4 is 21.3 Å². The number of fused-ring (bicyclic) bond motifs is 4. The zero-order chi connectivity index (χ0) is 69.1. The van der Waals surface area contributed by atoms with Crippen molar-refractivity contribution in [1.29, 1.82) is 0 Å². The van der Waals surface area contributed by atoms with E-state index in [9.17, 15) is 37.7 Å². The number of para-hydroxylation sites is 4. The maximum atomic E-state index is 13.1. The van der Waals surface area contributed by atoms with Gasteiger partial charge in [0.15, 0.2) is 5.78 Å². The molecule has 4 fully saturated rings. The van der Waals surface area contributed by atoms with Crippen LogP contribution in [0.2, 0.25) is 0 Å². The maximum Gasteiger partial charge on any atom is 0.165 e. The van der Waals surface area contributed by atoms with E-state index >= 15 is 0 Å². The van der Waals surface area contributed by atoms with Crippen molar-refractivity contribution < 1.29 is 37.7 Å². The molecule has 0 aromatic heterocycles. The highest BCUT2D eigenvalue weighted by molar-refractivity contribution is 6.02. The van der Waals surface area contributed by atoms with Crippen LogP contribution in [0.3, 0.4) is 0 Å². The average Bonchev–Trinajstić information content (AvgIpc) is 1.62. The summed E-state index contributed by atoms with van der Waals surface area (Å²) >= 11 is 0. The minimum atomic E-state index is -0.375. The van der Waals surface area contributed by atoms with Gasteiger partial charge in [-0.05, 0) is 197 Å². The SMILES string of the molecule is O=C1CCC2(CCN(Cc3ccc(F)cc3)CC2)Nc2ccccc21.OC1CCC2(CCN(Cc3ccc(F)cc3)CC2)Nc2ccccc21.OC1CCC2(CCN(Cc3ccc(F)cc3)CC2)Nc2ccccc21.O[C@@H]1CCC2(CCN(Cc3ccc(F)cc3)CC2)Nc2ccccc21. The Bertz CT molecular complexity index is 3660. The molecule has 16 heteroatoms. The molecule has 526 valence electrons. The minimum absolute atomic E-state index is 0.0154. The molecule has 8 heterocycles. The predicted octanol–water partition coefficient (Wildman–Crippen LogP) is 16.5. The molecule has 4 spiro atoms. The highest BCUT2D eigenvalue weighted by atomic mass is 19.1. The van der Waals surface area contributed by atoms with Gasteiger partial charge in [0.1, 0.15) is 23.3 Å². The molecule has 8 aromatic rings. The molecule has 8 aliphatic rings. The van der Waals surface area contributed by atoms with E-state index in [-0.39, 0.29) is 69.5 Å². The maximum absolute atomic E-state index is 13.1. The Labute approximate surface area is 587 Å². The number of hydrogen-bond acceptors (Lipinski definition) is 12. The summed E-state index contributed by atoms with van der Waals surface area (Å²) in [4.78, 5) is 22.1. The number of piperidine rings is 4. The third-order valence-corrected chi connectivity index (χ3v) is 22.8. The van der Waals surface area contributed by atoms with E-state index in [0.717, 1.165) is 242 Å². The second kappa shape index (κ2) is 31.9. The van der Waals surface area contributed by atoms with Crippen molar-refractivity contribution in [3.8, 4) is 0 Å². The Hall–Kier alpha value is -7.93. The topological polar surface area (TPSA) is 139 Å². The summed E-state index contributed by atoms with van der Waals surface area (Å²) in [6.07, 6.45) is 14.2. The van der Waals surface area contributed by atoms with Gasteiger partial charge in [0.2, 0.25) is 0 Å². The summed E-state index contributed by atoms with van der Waals surface area (Å²) in [5, 5.41) is 46.3. The molecule has 0 radical (unpaired) electrons. The normalized spacial score (nSPS) is 22.1. The molecule has 0 saturated carbocycles. The van der Waals surface area contributed by atoms with Crippen LogP contribution in [0.5, 0.6) is 0 Å². The van der Waals surface area contributed by atoms with Crippen molar-refractivity contribution in [3.63, 3.8) is 0 Å². The van der Waals surface area contributed by atoms with Gasteiger partial charge in [-0.1, -0.05) is 115 Å². The zero-order valence-corrected chi connectivity index (χ0v) is 57.6. The number of rotatable bonds is 8. The van der Waals surface area contributed by atoms with Gasteiger partial charge < -0.3 is 36.6 Å². The summed E-state index contributed by atoms with van der Waals surface area (Å²) < 4.78 is 52.2. The average molecular weight is 1360 g/mol. The van der Waals surface area contributed by atoms with Crippen molar-refractivity contribution in [1.82, 2.24) is 19.6 Å². The molecule has 16 rings (SSSR count). The molecule has 12 nitrogen and oxygen atoms in total. The molecule has 3 atom stereocenters. The smallest absolute Gasteiger partial charge is 0.165 e. The van der Waals surface area contributed by atoms with Gasteiger partial charge in [-0.2, -0.15) is 0 Å². The number of hydrogen-bond donors (Lipinski definition) is 7. The van der Waals surface area contributed by atoms with Crippen molar-refractivity contribution in [2.24, 2.45) is 0 Å². The summed E-state index contributed by atoms with van der Waals surface area (Å²) in [6.45, 7) is 11.5. The van der Waals surface area contributed by atoms with E-state index in [4.69, 9.17) is 0 Å². The number of anilines is 4. The van der Waals surface area contributed by atoms with Crippen LogP contribution in [0.1, 0.15) is 170 Å². The number of ketones is 1.